The molecule has 3 rings (SSSR count). The zero-order valence-electron chi connectivity index (χ0n) is 17.3. The Morgan fingerprint density at radius 1 is 1.23 bits per heavy atom. The van der Waals surface area contributed by atoms with E-state index in [1.165, 1.54) is 11.8 Å². The number of nitrogens with one attached hydrogen (secondary N) is 1. The highest BCUT2D eigenvalue weighted by Crippen LogP contribution is 2.39. The Morgan fingerprint density at radius 3 is 2.60 bits per heavy atom. The number of benzene rings is 1. The number of aliphatic imine (C=N–C) groups is 1. The zero-order chi connectivity index (χ0) is 21.9. The van der Waals surface area contributed by atoms with Crippen molar-refractivity contribution < 1.29 is 22.7 Å². The molecular formula is C20H27N3O5S2. The summed E-state index contributed by atoms with van der Waals surface area (Å²) in [7, 11) is -3.09. The fourth-order valence-electron chi connectivity index (χ4n) is 3.35. The number of nitrogens with zero attached hydrogens (tertiary/aromatic N) is 2. The highest BCUT2D eigenvalue weighted by atomic mass is 32.2. The van der Waals surface area contributed by atoms with Crippen molar-refractivity contribution in [3.63, 3.8) is 0 Å². The lowest BCUT2D eigenvalue weighted by molar-refractivity contribution is -0.117. The number of fused-ring (bicyclic) bond motifs is 1. The van der Waals surface area contributed by atoms with Gasteiger partial charge >= 0.3 is 6.09 Å². The molecule has 2 heterocycles. The zero-order valence-corrected chi connectivity index (χ0v) is 19.0. The molecule has 0 bridgehead atoms. The maximum atomic E-state index is 12.4. The maximum Gasteiger partial charge on any atom is 0.407 e. The summed E-state index contributed by atoms with van der Waals surface area (Å²) >= 11 is 1.35. The molecule has 1 aromatic carbocycles. The quantitative estimate of drug-likeness (QED) is 0.729. The van der Waals surface area contributed by atoms with Gasteiger partial charge in [0.05, 0.1) is 17.5 Å². The molecule has 8 nitrogen and oxygen atoms in total. The summed E-state index contributed by atoms with van der Waals surface area (Å²) in [5.74, 6) is -0.194. The van der Waals surface area contributed by atoms with E-state index >= 15 is 0 Å². The van der Waals surface area contributed by atoms with Crippen molar-refractivity contribution in [2.75, 3.05) is 18.1 Å². The summed E-state index contributed by atoms with van der Waals surface area (Å²) in [6.07, 6.45) is -0.542. The maximum absolute atomic E-state index is 12.4. The number of thioether (sulfide) groups is 1. The summed E-state index contributed by atoms with van der Waals surface area (Å²) < 4.78 is 29.3. The third-order valence-corrected chi connectivity index (χ3v) is 7.85. The summed E-state index contributed by atoms with van der Waals surface area (Å²) in [4.78, 5) is 30.2. The van der Waals surface area contributed by atoms with Crippen LogP contribution in [0.25, 0.3) is 0 Å². The average Bonchev–Trinajstić information content (AvgIpc) is 3.07. The van der Waals surface area contributed by atoms with Crippen molar-refractivity contribution in [2.24, 2.45) is 4.99 Å². The second-order valence-electron chi connectivity index (χ2n) is 8.38. The van der Waals surface area contributed by atoms with Crippen molar-refractivity contribution >= 4 is 38.8 Å². The van der Waals surface area contributed by atoms with E-state index in [2.05, 4.69) is 10.3 Å². The minimum absolute atomic E-state index is 0.0378. The molecule has 30 heavy (non-hydrogen) atoms. The molecule has 2 amide bonds. The van der Waals surface area contributed by atoms with E-state index in [9.17, 15) is 18.0 Å². The second-order valence-corrected chi connectivity index (χ2v) is 11.7. The number of sulfone groups is 1. The monoisotopic (exact) mass is 453 g/mol. The van der Waals surface area contributed by atoms with Gasteiger partial charge in [-0.05, 0) is 26.3 Å². The summed E-state index contributed by atoms with van der Waals surface area (Å²) in [6, 6.07) is 9.50. The van der Waals surface area contributed by atoms with Gasteiger partial charge in [-0.1, -0.05) is 42.1 Å². The Morgan fingerprint density at radius 2 is 1.93 bits per heavy atom. The van der Waals surface area contributed by atoms with Gasteiger partial charge in [-0.15, -0.1) is 0 Å². The smallest absolute Gasteiger partial charge is 0.407 e. The van der Waals surface area contributed by atoms with E-state index in [0.29, 0.717) is 11.7 Å². The van der Waals surface area contributed by atoms with Crippen molar-refractivity contribution in [3.8, 4) is 0 Å². The predicted molar refractivity (Wildman–Crippen MR) is 117 cm³/mol. The third-order valence-electron chi connectivity index (χ3n) is 4.60. The molecule has 164 valence electrons. The van der Waals surface area contributed by atoms with Gasteiger partial charge in [0.1, 0.15) is 5.60 Å². The molecule has 2 aliphatic heterocycles. The van der Waals surface area contributed by atoms with E-state index < -0.39 is 21.5 Å². The first kappa shape index (κ1) is 22.6. The molecule has 1 aromatic rings. The number of hydrogen-bond donors (Lipinski definition) is 1. The molecule has 0 unspecified atom stereocenters. The van der Waals surface area contributed by atoms with Gasteiger partial charge in [0.15, 0.2) is 15.0 Å². The molecule has 2 aliphatic rings. The lowest BCUT2D eigenvalue weighted by atomic mass is 10.1. The van der Waals surface area contributed by atoms with E-state index in [-0.39, 0.29) is 41.7 Å². The van der Waals surface area contributed by atoms with Crippen LogP contribution in [-0.4, -0.2) is 65.4 Å². The fraction of sp³-hybridized carbons (Fsp3) is 0.550. The number of amides is 2. The van der Waals surface area contributed by atoms with Crippen molar-refractivity contribution in [1.82, 2.24) is 10.2 Å². The van der Waals surface area contributed by atoms with Crippen molar-refractivity contribution in [2.45, 2.75) is 50.6 Å². The highest BCUT2D eigenvalue weighted by molar-refractivity contribution is 8.15. The standard InChI is InChI=1S/C20H27N3O5S2/c1-20(2,3)28-19(25)21-10-9-17(24)22-18-23(11-14-7-5-4-6-8-14)15-12-30(26,27)13-16(15)29-18/h4-8,15-16H,9-13H2,1-3H3,(H,21,25)/t15-,16+/m0/s1. The lowest BCUT2D eigenvalue weighted by Gasteiger charge is -2.24. The molecule has 10 heteroatoms. The van der Waals surface area contributed by atoms with Gasteiger partial charge < -0.3 is 15.0 Å². The van der Waals surface area contributed by atoms with Gasteiger partial charge in [-0.2, -0.15) is 4.99 Å². The molecule has 2 fully saturated rings. The van der Waals surface area contributed by atoms with Crippen LogP contribution in [0.4, 0.5) is 4.79 Å². The van der Waals surface area contributed by atoms with Crippen LogP contribution in [0, 0.1) is 0 Å². The van der Waals surface area contributed by atoms with Crippen LogP contribution >= 0.6 is 11.8 Å². The first-order valence-electron chi connectivity index (χ1n) is 9.78. The Balaban J connectivity index is 1.64. The van der Waals surface area contributed by atoms with Crippen LogP contribution in [0.2, 0.25) is 0 Å². The Kier molecular flexibility index (Phi) is 6.76. The van der Waals surface area contributed by atoms with Gasteiger partial charge in [0.25, 0.3) is 0 Å². The second kappa shape index (κ2) is 8.97. The topological polar surface area (TPSA) is 105 Å². The number of hydrogen-bond acceptors (Lipinski definition) is 6. The fourth-order valence-corrected chi connectivity index (χ4v) is 7.32. The van der Waals surface area contributed by atoms with Crippen LogP contribution in [0.5, 0.6) is 0 Å². The average molecular weight is 454 g/mol. The van der Waals surface area contributed by atoms with Crippen LogP contribution in [0.3, 0.4) is 0 Å². The minimum atomic E-state index is -3.09. The number of carbonyl (C=O) groups excluding carboxylic acids is 2. The van der Waals surface area contributed by atoms with E-state index in [1.54, 1.807) is 20.8 Å². The first-order valence-corrected chi connectivity index (χ1v) is 12.5. The van der Waals surface area contributed by atoms with Crippen LogP contribution in [0.1, 0.15) is 32.8 Å². The van der Waals surface area contributed by atoms with Crippen LogP contribution in [0.15, 0.2) is 35.3 Å². The van der Waals surface area contributed by atoms with Crippen LogP contribution in [-0.2, 0) is 25.9 Å². The number of ether oxygens (including phenoxy) is 1. The normalized spacial score (nSPS) is 24.0. The van der Waals surface area contributed by atoms with Gasteiger partial charge in [0, 0.05) is 24.8 Å². The molecule has 0 aromatic heterocycles. The van der Waals surface area contributed by atoms with Crippen LogP contribution < -0.4 is 5.32 Å². The molecule has 2 atom stereocenters. The van der Waals surface area contributed by atoms with E-state index in [4.69, 9.17) is 4.74 Å². The Labute approximate surface area is 181 Å². The lowest BCUT2D eigenvalue weighted by Crippen LogP contribution is -2.37. The molecule has 1 N–H and O–H groups in total. The molecule has 2 saturated heterocycles. The predicted octanol–water partition coefficient (Wildman–Crippen LogP) is 2.20. The number of carbonyl (C=O) groups is 2. The van der Waals surface area contributed by atoms with E-state index in [0.717, 1.165) is 5.56 Å². The number of alkyl carbamates (subject to hydrolysis) is 1. The number of amidine groups is 1. The molecule has 0 radical (unpaired) electrons. The minimum Gasteiger partial charge on any atom is -0.444 e. The third kappa shape index (κ3) is 6.21. The Bertz CT molecular complexity index is 926. The SMILES string of the molecule is CC(C)(C)OC(=O)NCCC(=O)N=C1S[C@@H]2CS(=O)(=O)C[C@@H]2N1Cc1ccccc1. The summed E-state index contributed by atoms with van der Waals surface area (Å²) in [5, 5.41) is 2.97. The highest BCUT2D eigenvalue weighted by Gasteiger charge is 2.48. The van der Waals surface area contributed by atoms with Gasteiger partial charge in [0.2, 0.25) is 5.91 Å². The number of rotatable bonds is 5. The molecule has 0 aliphatic carbocycles. The summed E-state index contributed by atoms with van der Waals surface area (Å²) in [5.41, 5.74) is 0.417. The van der Waals surface area contributed by atoms with Crippen molar-refractivity contribution in [3.05, 3.63) is 35.9 Å². The van der Waals surface area contributed by atoms with Crippen molar-refractivity contribution in [1.29, 1.82) is 0 Å². The van der Waals surface area contributed by atoms with Gasteiger partial charge in [-0.3, -0.25) is 4.79 Å². The largest absolute Gasteiger partial charge is 0.444 e. The molecule has 0 spiro atoms. The Hall–Kier alpha value is -2.07. The van der Waals surface area contributed by atoms with Gasteiger partial charge in [-0.25, -0.2) is 13.2 Å². The molecule has 0 saturated carbocycles. The molecular weight excluding hydrogens is 426 g/mol. The first-order chi connectivity index (χ1) is 14.0. The van der Waals surface area contributed by atoms with E-state index in [1.807, 2.05) is 35.2 Å². The summed E-state index contributed by atoms with van der Waals surface area (Å²) in [6.45, 7) is 5.90.